The number of thioether (sulfide) groups is 1. The summed E-state index contributed by atoms with van der Waals surface area (Å²) in [4.78, 5) is 10.7. The van der Waals surface area contributed by atoms with Crippen molar-refractivity contribution in [3.8, 4) is 0 Å². The van der Waals surface area contributed by atoms with Crippen molar-refractivity contribution in [1.29, 1.82) is 0 Å². The second kappa shape index (κ2) is 4.91. The molecule has 0 aromatic carbocycles. The number of carboxylic acid groups (broad SMARTS) is 1. The fourth-order valence-corrected chi connectivity index (χ4v) is 2.65. The van der Waals surface area contributed by atoms with E-state index in [9.17, 15) is 4.79 Å². The first kappa shape index (κ1) is 13.4. The minimum atomic E-state index is -0.822. The van der Waals surface area contributed by atoms with Gasteiger partial charge in [-0.3, -0.25) is 4.79 Å². The monoisotopic (exact) mass is 269 g/mol. The van der Waals surface area contributed by atoms with Gasteiger partial charge in [-0.1, -0.05) is 18.7 Å². The van der Waals surface area contributed by atoms with Gasteiger partial charge in [0.05, 0.1) is 5.75 Å². The molecule has 1 aliphatic rings. The second-order valence-corrected chi connectivity index (χ2v) is 6.24. The number of aliphatic carboxylic acids is 1. The quantitative estimate of drug-likeness (QED) is 0.803. The molecule has 0 radical (unpaired) electrons. The third-order valence-electron chi connectivity index (χ3n) is 3.40. The smallest absolute Gasteiger partial charge is 0.313 e. The normalized spacial score (nSPS) is 15.9. The van der Waals surface area contributed by atoms with E-state index in [0.29, 0.717) is 5.92 Å². The van der Waals surface area contributed by atoms with Gasteiger partial charge in [0.15, 0.2) is 5.16 Å². The molecule has 18 heavy (non-hydrogen) atoms. The third-order valence-corrected chi connectivity index (χ3v) is 4.31. The number of carboxylic acids is 1. The summed E-state index contributed by atoms with van der Waals surface area (Å²) in [6.45, 7) is 6.42. The Bertz CT molecular complexity index is 452. The van der Waals surface area contributed by atoms with Gasteiger partial charge in [0.1, 0.15) is 5.82 Å². The van der Waals surface area contributed by atoms with Crippen molar-refractivity contribution in [1.82, 2.24) is 14.8 Å². The highest BCUT2D eigenvalue weighted by Gasteiger charge is 2.35. The van der Waals surface area contributed by atoms with E-state index in [1.54, 1.807) is 0 Å². The summed E-state index contributed by atoms with van der Waals surface area (Å²) in [5.74, 6) is 0.747. The molecule has 0 unspecified atom stereocenters. The number of aromatic nitrogens is 3. The van der Waals surface area contributed by atoms with Crippen LogP contribution in [0.2, 0.25) is 0 Å². The van der Waals surface area contributed by atoms with E-state index in [-0.39, 0.29) is 11.3 Å². The summed E-state index contributed by atoms with van der Waals surface area (Å²) in [5, 5.41) is 17.9. The lowest BCUT2D eigenvalue weighted by atomic mass is 10.0. The number of hydrogen-bond acceptors (Lipinski definition) is 4. The van der Waals surface area contributed by atoms with Crippen LogP contribution in [0.3, 0.4) is 0 Å². The predicted molar refractivity (Wildman–Crippen MR) is 70.0 cm³/mol. The largest absolute Gasteiger partial charge is 0.481 e. The molecule has 1 fully saturated rings. The fraction of sp³-hybridized carbons (Fsp3) is 0.750. The van der Waals surface area contributed by atoms with E-state index in [2.05, 4.69) is 35.5 Å². The Kier molecular flexibility index (Phi) is 3.66. The molecular formula is C12H19N3O2S. The molecule has 1 aromatic rings. The van der Waals surface area contributed by atoms with Crippen LogP contribution in [0.25, 0.3) is 0 Å². The summed E-state index contributed by atoms with van der Waals surface area (Å²) in [6, 6.07) is 0. The minimum Gasteiger partial charge on any atom is -0.481 e. The van der Waals surface area contributed by atoms with Crippen molar-refractivity contribution in [2.75, 3.05) is 5.75 Å². The molecule has 0 aliphatic heterocycles. The van der Waals surface area contributed by atoms with Crippen molar-refractivity contribution < 1.29 is 9.90 Å². The van der Waals surface area contributed by atoms with Crippen LogP contribution in [0.1, 0.15) is 51.8 Å². The molecule has 0 saturated heterocycles. The van der Waals surface area contributed by atoms with Gasteiger partial charge < -0.3 is 9.67 Å². The molecule has 0 bridgehead atoms. The molecular weight excluding hydrogens is 250 g/mol. The van der Waals surface area contributed by atoms with Gasteiger partial charge >= 0.3 is 5.97 Å². The SMILES string of the molecule is CCC(C)(C)n1c(SCC(=O)O)nnc1C1CC1. The van der Waals surface area contributed by atoms with Crippen molar-refractivity contribution in [3.05, 3.63) is 5.82 Å². The minimum absolute atomic E-state index is 0.0304. The molecule has 100 valence electrons. The Balaban J connectivity index is 2.31. The van der Waals surface area contributed by atoms with Gasteiger partial charge in [0, 0.05) is 11.5 Å². The number of rotatable bonds is 6. The van der Waals surface area contributed by atoms with Crippen LogP contribution in [-0.2, 0) is 10.3 Å². The highest BCUT2D eigenvalue weighted by Crippen LogP contribution is 2.42. The Morgan fingerprint density at radius 3 is 2.67 bits per heavy atom. The maximum absolute atomic E-state index is 10.7. The van der Waals surface area contributed by atoms with Crippen molar-refractivity contribution in [2.24, 2.45) is 0 Å². The summed E-state index contributed by atoms with van der Waals surface area (Å²) < 4.78 is 2.14. The number of nitrogens with zero attached hydrogens (tertiary/aromatic N) is 3. The van der Waals surface area contributed by atoms with E-state index in [4.69, 9.17) is 5.11 Å². The Labute approximate surface area is 111 Å². The first-order valence-corrected chi connectivity index (χ1v) is 7.24. The molecule has 0 spiro atoms. The first-order chi connectivity index (χ1) is 8.45. The van der Waals surface area contributed by atoms with E-state index in [0.717, 1.165) is 17.4 Å². The molecule has 0 atom stereocenters. The van der Waals surface area contributed by atoms with Gasteiger partial charge in [-0.05, 0) is 33.1 Å². The van der Waals surface area contributed by atoms with Crippen LogP contribution < -0.4 is 0 Å². The van der Waals surface area contributed by atoms with Crippen LogP contribution in [0.15, 0.2) is 5.16 Å². The second-order valence-electron chi connectivity index (χ2n) is 5.30. The Morgan fingerprint density at radius 1 is 1.50 bits per heavy atom. The topological polar surface area (TPSA) is 68.0 Å². The Hall–Kier alpha value is -1.04. The molecule has 1 saturated carbocycles. The van der Waals surface area contributed by atoms with Gasteiger partial charge in [0.25, 0.3) is 0 Å². The maximum atomic E-state index is 10.7. The summed E-state index contributed by atoms with van der Waals surface area (Å²) in [7, 11) is 0. The highest BCUT2D eigenvalue weighted by molar-refractivity contribution is 7.99. The molecule has 1 aliphatic carbocycles. The molecule has 0 amide bonds. The van der Waals surface area contributed by atoms with Gasteiger partial charge in [0.2, 0.25) is 0 Å². The van der Waals surface area contributed by atoms with Crippen molar-refractivity contribution in [3.63, 3.8) is 0 Å². The summed E-state index contributed by atoms with van der Waals surface area (Å²) >= 11 is 1.25. The lowest BCUT2D eigenvalue weighted by Crippen LogP contribution is -2.28. The average molecular weight is 269 g/mol. The van der Waals surface area contributed by atoms with Crippen LogP contribution in [0, 0.1) is 0 Å². The number of carbonyl (C=O) groups is 1. The lowest BCUT2D eigenvalue weighted by molar-refractivity contribution is -0.133. The standard InChI is InChI=1S/C12H19N3O2S/c1-4-12(2,3)15-10(8-5-6-8)13-14-11(15)18-7-9(16)17/h8H,4-7H2,1-3H3,(H,16,17). The highest BCUT2D eigenvalue weighted by atomic mass is 32.2. The molecule has 6 heteroatoms. The predicted octanol–water partition coefficient (Wildman–Crippen LogP) is 2.48. The molecule has 1 heterocycles. The van der Waals surface area contributed by atoms with Gasteiger partial charge in [-0.2, -0.15) is 0 Å². The van der Waals surface area contributed by atoms with E-state index in [1.165, 1.54) is 24.6 Å². The summed E-state index contributed by atoms with van der Waals surface area (Å²) in [6.07, 6.45) is 3.30. The fourth-order valence-electron chi connectivity index (χ4n) is 1.83. The van der Waals surface area contributed by atoms with E-state index < -0.39 is 5.97 Å². The molecule has 1 aromatic heterocycles. The van der Waals surface area contributed by atoms with Crippen molar-refractivity contribution in [2.45, 2.75) is 56.6 Å². The van der Waals surface area contributed by atoms with Crippen LogP contribution >= 0.6 is 11.8 Å². The zero-order valence-electron chi connectivity index (χ0n) is 11.0. The Morgan fingerprint density at radius 2 is 2.17 bits per heavy atom. The van der Waals surface area contributed by atoms with Crippen LogP contribution in [0.4, 0.5) is 0 Å². The van der Waals surface area contributed by atoms with Crippen LogP contribution in [-0.4, -0.2) is 31.6 Å². The summed E-state index contributed by atoms with van der Waals surface area (Å²) in [5.41, 5.74) is -0.0672. The molecule has 2 rings (SSSR count). The average Bonchev–Trinajstić information content (AvgIpc) is 3.06. The lowest BCUT2D eigenvalue weighted by Gasteiger charge is -2.28. The van der Waals surface area contributed by atoms with E-state index in [1.807, 2.05) is 0 Å². The maximum Gasteiger partial charge on any atom is 0.313 e. The third kappa shape index (κ3) is 2.68. The number of hydrogen-bond donors (Lipinski definition) is 1. The molecule has 5 nitrogen and oxygen atoms in total. The van der Waals surface area contributed by atoms with Crippen LogP contribution in [0.5, 0.6) is 0 Å². The first-order valence-electron chi connectivity index (χ1n) is 6.26. The van der Waals surface area contributed by atoms with E-state index >= 15 is 0 Å². The zero-order valence-corrected chi connectivity index (χ0v) is 11.8. The zero-order chi connectivity index (χ0) is 13.3. The van der Waals surface area contributed by atoms with Gasteiger partial charge in [-0.15, -0.1) is 10.2 Å². The van der Waals surface area contributed by atoms with Gasteiger partial charge in [-0.25, -0.2) is 0 Å². The van der Waals surface area contributed by atoms with Crippen molar-refractivity contribution >= 4 is 17.7 Å². The molecule has 1 N–H and O–H groups in total.